The van der Waals surface area contributed by atoms with Crippen LogP contribution in [0.15, 0.2) is 40.9 Å². The molecule has 0 fully saturated rings. The highest BCUT2D eigenvalue weighted by Crippen LogP contribution is 2.25. The van der Waals surface area contributed by atoms with E-state index in [2.05, 4.69) is 21.2 Å². The van der Waals surface area contributed by atoms with Gasteiger partial charge in [-0.3, -0.25) is 4.79 Å². The van der Waals surface area contributed by atoms with E-state index in [4.69, 9.17) is 11.6 Å². The fourth-order valence-corrected chi connectivity index (χ4v) is 2.06. The Labute approximate surface area is 121 Å². The maximum atomic E-state index is 13.1. The van der Waals surface area contributed by atoms with E-state index in [1.165, 1.54) is 24.3 Å². The summed E-state index contributed by atoms with van der Waals surface area (Å²) in [5, 5.41) is 2.49. The Morgan fingerprint density at radius 1 is 1.11 bits per heavy atom. The summed E-state index contributed by atoms with van der Waals surface area (Å²) in [7, 11) is 0. The van der Waals surface area contributed by atoms with Crippen molar-refractivity contribution in [2.45, 2.75) is 0 Å². The van der Waals surface area contributed by atoms with Crippen molar-refractivity contribution < 1.29 is 13.6 Å². The van der Waals surface area contributed by atoms with Gasteiger partial charge in [0.05, 0.1) is 16.3 Å². The molecule has 2 aromatic rings. The van der Waals surface area contributed by atoms with Crippen LogP contribution in [-0.2, 0) is 0 Å². The second-order valence-electron chi connectivity index (χ2n) is 3.70. The van der Waals surface area contributed by atoms with Crippen molar-refractivity contribution in [1.29, 1.82) is 0 Å². The van der Waals surface area contributed by atoms with Crippen molar-refractivity contribution in [2.75, 3.05) is 5.32 Å². The molecule has 0 saturated carbocycles. The van der Waals surface area contributed by atoms with E-state index in [0.717, 1.165) is 12.1 Å². The maximum absolute atomic E-state index is 13.1. The number of carbonyl (C=O) groups excluding carboxylic acids is 1. The van der Waals surface area contributed by atoms with E-state index in [1.54, 1.807) is 0 Å². The molecule has 0 bridgehead atoms. The highest BCUT2D eigenvalue weighted by atomic mass is 79.9. The van der Waals surface area contributed by atoms with E-state index in [9.17, 15) is 13.6 Å². The van der Waals surface area contributed by atoms with Crippen LogP contribution in [0.1, 0.15) is 10.4 Å². The standard InChI is InChI=1S/C13H7BrClF2NO/c14-10-4-2-8(17)6-12(10)18-13(19)9-3-1-7(16)5-11(9)15/h1-6H,(H,18,19). The molecule has 1 N–H and O–H groups in total. The Hall–Kier alpha value is -1.46. The number of anilines is 1. The molecule has 1 amide bonds. The van der Waals surface area contributed by atoms with Crippen molar-refractivity contribution in [3.8, 4) is 0 Å². The molecule has 0 aromatic heterocycles. The maximum Gasteiger partial charge on any atom is 0.257 e. The normalized spacial score (nSPS) is 10.3. The molecule has 6 heteroatoms. The molecule has 0 unspecified atom stereocenters. The number of rotatable bonds is 2. The molecule has 0 spiro atoms. The minimum atomic E-state index is -0.545. The van der Waals surface area contributed by atoms with Crippen LogP contribution in [0, 0.1) is 11.6 Å². The molecule has 98 valence electrons. The summed E-state index contributed by atoms with van der Waals surface area (Å²) in [6.45, 7) is 0. The van der Waals surface area contributed by atoms with Gasteiger partial charge in [-0.25, -0.2) is 8.78 Å². The lowest BCUT2D eigenvalue weighted by Gasteiger charge is -2.08. The fourth-order valence-electron chi connectivity index (χ4n) is 1.46. The van der Waals surface area contributed by atoms with Crippen LogP contribution in [0.4, 0.5) is 14.5 Å². The fraction of sp³-hybridized carbons (Fsp3) is 0. The molecule has 0 aliphatic rings. The van der Waals surface area contributed by atoms with Gasteiger partial charge >= 0.3 is 0 Å². The lowest BCUT2D eigenvalue weighted by Crippen LogP contribution is -2.13. The Morgan fingerprint density at radius 2 is 1.74 bits per heavy atom. The first kappa shape index (κ1) is 14.0. The van der Waals surface area contributed by atoms with E-state index in [-0.39, 0.29) is 16.3 Å². The van der Waals surface area contributed by atoms with Crippen LogP contribution < -0.4 is 5.32 Å². The van der Waals surface area contributed by atoms with Crippen LogP contribution in [0.25, 0.3) is 0 Å². The molecule has 2 aromatic carbocycles. The zero-order valence-electron chi connectivity index (χ0n) is 9.38. The predicted molar refractivity (Wildman–Crippen MR) is 73.5 cm³/mol. The predicted octanol–water partition coefficient (Wildman–Crippen LogP) is 4.63. The zero-order chi connectivity index (χ0) is 14.0. The molecule has 0 heterocycles. The quantitative estimate of drug-likeness (QED) is 0.844. The Kier molecular flexibility index (Phi) is 4.17. The van der Waals surface area contributed by atoms with Gasteiger partial charge < -0.3 is 5.32 Å². The van der Waals surface area contributed by atoms with Crippen molar-refractivity contribution in [2.24, 2.45) is 0 Å². The minimum absolute atomic E-state index is 0.00924. The number of carbonyl (C=O) groups is 1. The lowest BCUT2D eigenvalue weighted by molar-refractivity contribution is 0.102. The molecular weight excluding hydrogens is 340 g/mol. The van der Waals surface area contributed by atoms with Gasteiger partial charge in [0.2, 0.25) is 0 Å². The number of hydrogen-bond acceptors (Lipinski definition) is 1. The molecule has 0 atom stereocenters. The van der Waals surface area contributed by atoms with Gasteiger partial charge in [-0.1, -0.05) is 11.6 Å². The molecular formula is C13H7BrClF2NO. The molecule has 19 heavy (non-hydrogen) atoms. The van der Waals surface area contributed by atoms with Crippen LogP contribution in [0.2, 0.25) is 5.02 Å². The van der Waals surface area contributed by atoms with Crippen molar-refractivity contribution in [3.05, 3.63) is 63.1 Å². The lowest BCUT2D eigenvalue weighted by atomic mass is 10.2. The summed E-state index contributed by atoms with van der Waals surface area (Å²) >= 11 is 8.96. The van der Waals surface area contributed by atoms with Crippen LogP contribution in [-0.4, -0.2) is 5.91 Å². The zero-order valence-corrected chi connectivity index (χ0v) is 11.7. The van der Waals surface area contributed by atoms with Crippen LogP contribution >= 0.6 is 27.5 Å². The van der Waals surface area contributed by atoms with Gasteiger partial charge in [0.1, 0.15) is 11.6 Å². The first-order valence-electron chi connectivity index (χ1n) is 5.19. The molecule has 2 nitrogen and oxygen atoms in total. The highest BCUT2D eigenvalue weighted by molar-refractivity contribution is 9.10. The van der Waals surface area contributed by atoms with Crippen LogP contribution in [0.3, 0.4) is 0 Å². The second kappa shape index (κ2) is 5.67. The number of benzene rings is 2. The third-order valence-electron chi connectivity index (χ3n) is 2.35. The average molecular weight is 347 g/mol. The Balaban J connectivity index is 2.28. The van der Waals surface area contributed by atoms with Crippen LogP contribution in [0.5, 0.6) is 0 Å². The smallest absolute Gasteiger partial charge is 0.257 e. The summed E-state index contributed by atoms with van der Waals surface area (Å²) in [4.78, 5) is 11.9. The topological polar surface area (TPSA) is 29.1 Å². The van der Waals surface area contributed by atoms with Gasteiger partial charge in [0, 0.05) is 4.47 Å². The monoisotopic (exact) mass is 345 g/mol. The van der Waals surface area contributed by atoms with Gasteiger partial charge in [-0.05, 0) is 52.3 Å². The van der Waals surface area contributed by atoms with Gasteiger partial charge in [0.25, 0.3) is 5.91 Å². The summed E-state index contributed by atoms with van der Waals surface area (Å²) in [6, 6.07) is 7.32. The summed E-state index contributed by atoms with van der Waals surface area (Å²) in [6.07, 6.45) is 0. The molecule has 0 saturated heterocycles. The molecule has 0 aliphatic heterocycles. The van der Waals surface area contributed by atoms with E-state index in [0.29, 0.717) is 4.47 Å². The largest absolute Gasteiger partial charge is 0.321 e. The van der Waals surface area contributed by atoms with E-state index in [1.807, 2.05) is 0 Å². The molecule has 0 aliphatic carbocycles. The Morgan fingerprint density at radius 3 is 2.42 bits per heavy atom. The first-order valence-corrected chi connectivity index (χ1v) is 6.36. The molecule has 2 rings (SSSR count). The average Bonchev–Trinajstić information content (AvgIpc) is 2.33. The van der Waals surface area contributed by atoms with E-state index < -0.39 is 17.5 Å². The van der Waals surface area contributed by atoms with E-state index >= 15 is 0 Å². The van der Waals surface area contributed by atoms with Crippen molar-refractivity contribution >= 4 is 39.1 Å². The number of halogens is 4. The number of amides is 1. The SMILES string of the molecule is O=C(Nc1cc(F)ccc1Br)c1ccc(F)cc1Cl. The van der Waals surface area contributed by atoms with Gasteiger partial charge in [-0.15, -0.1) is 0 Å². The summed E-state index contributed by atoms with van der Waals surface area (Å²) < 4.78 is 26.5. The summed E-state index contributed by atoms with van der Waals surface area (Å²) in [5.41, 5.74) is 0.379. The third-order valence-corrected chi connectivity index (χ3v) is 3.36. The van der Waals surface area contributed by atoms with Crippen molar-refractivity contribution in [3.63, 3.8) is 0 Å². The van der Waals surface area contributed by atoms with Crippen molar-refractivity contribution in [1.82, 2.24) is 0 Å². The third kappa shape index (κ3) is 3.30. The second-order valence-corrected chi connectivity index (χ2v) is 4.96. The van der Waals surface area contributed by atoms with Gasteiger partial charge in [0.15, 0.2) is 0 Å². The summed E-state index contributed by atoms with van der Waals surface area (Å²) in [5.74, 6) is -1.56. The first-order chi connectivity index (χ1) is 8.97. The highest BCUT2D eigenvalue weighted by Gasteiger charge is 2.13. The number of hydrogen-bond donors (Lipinski definition) is 1. The minimum Gasteiger partial charge on any atom is -0.321 e. The van der Waals surface area contributed by atoms with Gasteiger partial charge in [-0.2, -0.15) is 0 Å². The number of nitrogens with one attached hydrogen (secondary N) is 1. The molecule has 0 radical (unpaired) electrons. The Bertz CT molecular complexity index is 649.